The van der Waals surface area contributed by atoms with Crippen LogP contribution in [0.3, 0.4) is 0 Å². The minimum atomic E-state index is 0.151. The maximum absolute atomic E-state index is 12.7. The molecule has 4 nitrogen and oxygen atoms in total. The second-order valence-electron chi connectivity index (χ2n) is 6.67. The van der Waals surface area contributed by atoms with Crippen molar-refractivity contribution in [2.45, 2.75) is 44.1 Å². The van der Waals surface area contributed by atoms with Crippen LogP contribution in [0.4, 0.5) is 0 Å². The molecule has 1 aliphatic heterocycles. The van der Waals surface area contributed by atoms with E-state index >= 15 is 0 Å². The van der Waals surface area contributed by atoms with Gasteiger partial charge in [0.1, 0.15) is 5.75 Å². The van der Waals surface area contributed by atoms with E-state index in [2.05, 4.69) is 17.0 Å². The molecular weight excluding hydrogens is 276 g/mol. The highest BCUT2D eigenvalue weighted by Crippen LogP contribution is 2.32. The van der Waals surface area contributed by atoms with Gasteiger partial charge in [0.25, 0.3) is 0 Å². The van der Waals surface area contributed by atoms with Crippen molar-refractivity contribution in [2.75, 3.05) is 20.2 Å². The molecule has 0 spiro atoms. The van der Waals surface area contributed by atoms with Crippen molar-refractivity contribution in [3.63, 3.8) is 0 Å². The topological polar surface area (TPSA) is 55.6 Å². The Morgan fingerprint density at radius 2 is 2.00 bits per heavy atom. The lowest BCUT2D eigenvalue weighted by Crippen LogP contribution is -2.39. The number of hydrogen-bond acceptors (Lipinski definition) is 3. The number of benzene rings is 1. The van der Waals surface area contributed by atoms with Crippen molar-refractivity contribution in [3.05, 3.63) is 29.8 Å². The Morgan fingerprint density at radius 3 is 2.68 bits per heavy atom. The number of nitrogens with two attached hydrogens (primary N) is 1. The van der Waals surface area contributed by atoms with E-state index in [1.807, 2.05) is 12.1 Å². The molecular formula is C18H26N2O2. The Bertz CT molecular complexity index is 514. The van der Waals surface area contributed by atoms with Gasteiger partial charge in [-0.25, -0.2) is 0 Å². The Hall–Kier alpha value is -1.55. The number of ether oxygens (including phenoxy) is 1. The summed E-state index contributed by atoms with van der Waals surface area (Å²) in [4.78, 5) is 14.7. The Morgan fingerprint density at radius 1 is 1.23 bits per heavy atom. The lowest BCUT2D eigenvalue weighted by atomic mass is 9.85. The molecule has 1 heterocycles. The van der Waals surface area contributed by atoms with Gasteiger partial charge >= 0.3 is 0 Å². The van der Waals surface area contributed by atoms with Crippen molar-refractivity contribution in [2.24, 2.45) is 11.7 Å². The summed E-state index contributed by atoms with van der Waals surface area (Å²) in [5.41, 5.74) is 7.33. The van der Waals surface area contributed by atoms with E-state index in [9.17, 15) is 4.79 Å². The lowest BCUT2D eigenvalue weighted by molar-refractivity contribution is -0.135. The third-order valence-electron chi connectivity index (χ3n) is 5.15. The molecule has 1 saturated carbocycles. The predicted molar refractivity (Wildman–Crippen MR) is 86.9 cm³/mol. The summed E-state index contributed by atoms with van der Waals surface area (Å²) in [6.07, 6.45) is 5.08. The molecule has 3 atom stereocenters. The van der Waals surface area contributed by atoms with Gasteiger partial charge in [0, 0.05) is 31.0 Å². The zero-order chi connectivity index (χ0) is 15.5. The van der Waals surface area contributed by atoms with Gasteiger partial charge < -0.3 is 15.4 Å². The molecule has 1 amide bonds. The summed E-state index contributed by atoms with van der Waals surface area (Å²) in [5, 5.41) is 0. The molecule has 0 unspecified atom stereocenters. The smallest absolute Gasteiger partial charge is 0.225 e. The number of methoxy groups -OCH3 is 1. The van der Waals surface area contributed by atoms with Gasteiger partial charge in [-0.3, -0.25) is 4.79 Å². The van der Waals surface area contributed by atoms with Crippen LogP contribution in [-0.4, -0.2) is 37.0 Å². The van der Waals surface area contributed by atoms with Crippen LogP contribution in [0, 0.1) is 5.92 Å². The fraction of sp³-hybridized carbons (Fsp3) is 0.611. The van der Waals surface area contributed by atoms with E-state index in [0.29, 0.717) is 11.8 Å². The molecule has 22 heavy (non-hydrogen) atoms. The summed E-state index contributed by atoms with van der Waals surface area (Å²) in [6, 6.07) is 8.45. The highest BCUT2D eigenvalue weighted by Gasteiger charge is 2.33. The molecule has 0 aromatic heterocycles. The van der Waals surface area contributed by atoms with Gasteiger partial charge in [-0.2, -0.15) is 0 Å². The van der Waals surface area contributed by atoms with Gasteiger partial charge in [0.2, 0.25) is 5.91 Å². The SMILES string of the molecule is COc1ccc([C@@H]2CCN(C(=O)[C@@H]3CCC[C@H](N)C3)C2)cc1. The van der Waals surface area contributed by atoms with Crippen LogP contribution in [0.2, 0.25) is 0 Å². The zero-order valence-electron chi connectivity index (χ0n) is 13.3. The molecule has 0 radical (unpaired) electrons. The van der Waals surface area contributed by atoms with Crippen LogP contribution in [-0.2, 0) is 4.79 Å². The van der Waals surface area contributed by atoms with Crippen molar-refractivity contribution < 1.29 is 9.53 Å². The maximum Gasteiger partial charge on any atom is 0.225 e. The Balaban J connectivity index is 1.60. The van der Waals surface area contributed by atoms with Gasteiger partial charge in [-0.15, -0.1) is 0 Å². The number of carbonyl (C=O) groups excluding carboxylic acids is 1. The minimum Gasteiger partial charge on any atom is -0.497 e. The quantitative estimate of drug-likeness (QED) is 0.933. The third kappa shape index (κ3) is 3.27. The van der Waals surface area contributed by atoms with Crippen molar-refractivity contribution >= 4 is 5.91 Å². The molecule has 1 saturated heterocycles. The third-order valence-corrected chi connectivity index (χ3v) is 5.15. The largest absolute Gasteiger partial charge is 0.497 e. The van der Waals surface area contributed by atoms with Crippen LogP contribution in [0.5, 0.6) is 5.75 Å². The monoisotopic (exact) mass is 302 g/mol. The summed E-state index contributed by atoms with van der Waals surface area (Å²) in [6.45, 7) is 1.72. The number of hydrogen-bond donors (Lipinski definition) is 1. The molecule has 2 aliphatic rings. The fourth-order valence-electron chi connectivity index (χ4n) is 3.82. The van der Waals surface area contributed by atoms with Crippen LogP contribution < -0.4 is 10.5 Å². The van der Waals surface area contributed by atoms with Crippen molar-refractivity contribution in [1.29, 1.82) is 0 Å². The molecule has 2 fully saturated rings. The summed E-state index contributed by atoms with van der Waals surface area (Å²) in [7, 11) is 1.68. The average molecular weight is 302 g/mol. The van der Waals surface area contributed by atoms with E-state index in [1.54, 1.807) is 7.11 Å². The van der Waals surface area contributed by atoms with E-state index in [0.717, 1.165) is 50.9 Å². The van der Waals surface area contributed by atoms with Gasteiger partial charge in [-0.05, 0) is 43.4 Å². The van der Waals surface area contributed by atoms with E-state index in [1.165, 1.54) is 5.56 Å². The van der Waals surface area contributed by atoms with Crippen LogP contribution in [0.1, 0.15) is 43.6 Å². The molecule has 1 aromatic rings. The zero-order valence-corrected chi connectivity index (χ0v) is 13.3. The number of likely N-dealkylation sites (tertiary alicyclic amines) is 1. The normalized spacial score (nSPS) is 28.6. The first-order chi connectivity index (χ1) is 10.7. The molecule has 3 rings (SSSR count). The summed E-state index contributed by atoms with van der Waals surface area (Å²) in [5.74, 6) is 1.81. The first-order valence-corrected chi connectivity index (χ1v) is 8.35. The first kappa shape index (κ1) is 15.3. The van der Waals surface area contributed by atoms with E-state index < -0.39 is 0 Å². The minimum absolute atomic E-state index is 0.151. The average Bonchev–Trinajstić information content (AvgIpc) is 3.04. The standard InChI is InChI=1S/C18H26N2O2/c1-22-17-7-5-13(6-8-17)15-9-10-20(12-15)18(21)14-3-2-4-16(19)11-14/h5-8,14-16H,2-4,9-12,19H2,1H3/t14-,15-,16+/m1/s1. The Labute approximate surface area is 132 Å². The summed E-state index contributed by atoms with van der Waals surface area (Å²) < 4.78 is 5.20. The fourth-order valence-corrected chi connectivity index (χ4v) is 3.82. The maximum atomic E-state index is 12.7. The van der Waals surface area contributed by atoms with Crippen molar-refractivity contribution in [1.82, 2.24) is 4.90 Å². The number of nitrogens with zero attached hydrogens (tertiary/aromatic N) is 1. The second-order valence-corrected chi connectivity index (χ2v) is 6.67. The Kier molecular flexibility index (Phi) is 4.67. The van der Waals surface area contributed by atoms with Gasteiger partial charge in [-0.1, -0.05) is 18.6 Å². The molecule has 1 aromatic carbocycles. The molecule has 1 aliphatic carbocycles. The first-order valence-electron chi connectivity index (χ1n) is 8.35. The van der Waals surface area contributed by atoms with Crippen LogP contribution >= 0.6 is 0 Å². The predicted octanol–water partition coefficient (Wildman–Crippen LogP) is 2.53. The second kappa shape index (κ2) is 6.69. The highest BCUT2D eigenvalue weighted by atomic mass is 16.5. The van der Waals surface area contributed by atoms with Crippen LogP contribution in [0.15, 0.2) is 24.3 Å². The van der Waals surface area contributed by atoms with E-state index in [-0.39, 0.29) is 12.0 Å². The number of rotatable bonds is 3. The van der Waals surface area contributed by atoms with Gasteiger partial charge in [0.15, 0.2) is 0 Å². The van der Waals surface area contributed by atoms with Crippen LogP contribution in [0.25, 0.3) is 0 Å². The molecule has 4 heteroatoms. The number of amides is 1. The van der Waals surface area contributed by atoms with Gasteiger partial charge in [0.05, 0.1) is 7.11 Å². The van der Waals surface area contributed by atoms with E-state index in [4.69, 9.17) is 10.5 Å². The van der Waals surface area contributed by atoms with Crippen molar-refractivity contribution in [3.8, 4) is 5.75 Å². The highest BCUT2D eigenvalue weighted by molar-refractivity contribution is 5.79. The number of carbonyl (C=O) groups is 1. The summed E-state index contributed by atoms with van der Waals surface area (Å²) >= 11 is 0. The molecule has 0 bridgehead atoms. The molecule has 120 valence electrons. The lowest BCUT2D eigenvalue weighted by Gasteiger charge is -2.29. The molecule has 2 N–H and O–H groups in total.